The molecule has 4 nitrogen and oxygen atoms in total. The van der Waals surface area contributed by atoms with Gasteiger partial charge >= 0.3 is 5.97 Å². The van der Waals surface area contributed by atoms with Crippen LogP contribution in [0.4, 0.5) is 0 Å². The van der Waals surface area contributed by atoms with Gasteiger partial charge in [-0.3, -0.25) is 4.79 Å². The molecule has 0 radical (unpaired) electrons. The van der Waals surface area contributed by atoms with Gasteiger partial charge in [-0.1, -0.05) is 19.7 Å². The van der Waals surface area contributed by atoms with Gasteiger partial charge in [0.25, 0.3) is 0 Å². The first kappa shape index (κ1) is 15.5. The molecule has 18 heavy (non-hydrogen) atoms. The molecule has 0 aromatic heterocycles. The Balaban J connectivity index is 2.75. The maximum absolute atomic E-state index is 11.6. The topological polar surface area (TPSA) is 66.6 Å². The largest absolute Gasteiger partial charge is 0.480 e. The Kier molecular flexibility index (Phi) is 5.66. The molecule has 1 rings (SSSR count). The lowest BCUT2D eigenvalue weighted by atomic mass is 9.67. The predicted octanol–water partition coefficient (Wildman–Crippen LogP) is 0.578. The van der Waals surface area contributed by atoms with E-state index in [9.17, 15) is 9.90 Å². The molecule has 0 saturated heterocycles. The van der Waals surface area contributed by atoms with Gasteiger partial charge in [-0.15, -0.1) is 0 Å². The van der Waals surface area contributed by atoms with Gasteiger partial charge in [0.15, 0.2) is 0 Å². The molecule has 1 aliphatic carbocycles. The molecule has 1 fully saturated rings. The lowest BCUT2D eigenvalue weighted by Crippen LogP contribution is -2.59. The Morgan fingerprint density at radius 1 is 1.56 bits per heavy atom. The Hall–Kier alpha value is -0.545. The second kappa shape index (κ2) is 6.57. The third-order valence-corrected chi connectivity index (χ3v) is 4.45. The summed E-state index contributed by atoms with van der Waals surface area (Å²) in [5.41, 5.74) is 5.22. The highest BCUT2D eigenvalue weighted by Gasteiger charge is 2.46. The summed E-state index contributed by atoms with van der Waals surface area (Å²) in [5.74, 6) is -0.259. The highest BCUT2D eigenvalue weighted by atomic mass is 16.4. The predicted molar refractivity (Wildman–Crippen MR) is 76.5 cm³/mol. The number of carboxylic acids is 1. The van der Waals surface area contributed by atoms with E-state index in [0.717, 1.165) is 38.7 Å². The smallest absolute Gasteiger partial charge is 0.324 e. The molecule has 0 heterocycles. The van der Waals surface area contributed by atoms with E-state index in [1.165, 1.54) is 0 Å². The van der Waals surface area contributed by atoms with Crippen LogP contribution in [0.15, 0.2) is 0 Å². The average molecular weight is 254 g/mol. The molecule has 3 atom stereocenters. The fourth-order valence-electron chi connectivity index (χ4n) is 3.12. The molecule has 0 aromatic carbocycles. The van der Waals surface area contributed by atoms with E-state index in [1.54, 1.807) is 0 Å². The molecular weight excluding hydrogens is 227 g/mol. The number of nitrogens with two attached hydrogens (primary N) is 1. The van der Waals surface area contributed by atoms with Crippen LogP contribution in [0.3, 0.4) is 0 Å². The minimum absolute atomic E-state index is 0.0769. The summed E-state index contributed by atoms with van der Waals surface area (Å²) in [7, 11) is 4.18. The van der Waals surface area contributed by atoms with Crippen LogP contribution < -0.4 is 5.73 Å². The van der Waals surface area contributed by atoms with Crippen molar-refractivity contribution in [3.63, 3.8) is 0 Å². The van der Waals surface area contributed by atoms with Gasteiger partial charge in [-0.2, -0.15) is 0 Å². The molecule has 0 aliphatic heterocycles. The standard InChI is InChI=1S/C13H27BN2O2/c1-3-16(2)9-11-5-4-10(6-7-14)8-13(11,15)12(17)18/h10-11H,3-9,14-15H2,1-2H3,(H,17,18)/t10-,11-,13+/m0/s1. The molecule has 5 heteroatoms. The summed E-state index contributed by atoms with van der Waals surface area (Å²) in [5, 5.41) is 9.50. The molecule has 1 aliphatic rings. The van der Waals surface area contributed by atoms with E-state index < -0.39 is 11.5 Å². The zero-order valence-electron chi connectivity index (χ0n) is 12.0. The van der Waals surface area contributed by atoms with Crippen molar-refractivity contribution in [3.05, 3.63) is 0 Å². The van der Waals surface area contributed by atoms with Crippen LogP contribution in [0.5, 0.6) is 0 Å². The number of hydrogen-bond donors (Lipinski definition) is 2. The molecule has 1 saturated carbocycles. The van der Waals surface area contributed by atoms with Crippen molar-refractivity contribution < 1.29 is 9.90 Å². The first-order chi connectivity index (χ1) is 8.43. The van der Waals surface area contributed by atoms with Crippen molar-refractivity contribution in [1.82, 2.24) is 4.90 Å². The number of hydrogen-bond acceptors (Lipinski definition) is 3. The summed E-state index contributed by atoms with van der Waals surface area (Å²) in [6.07, 6.45) is 4.92. The van der Waals surface area contributed by atoms with Crippen molar-refractivity contribution in [1.29, 1.82) is 0 Å². The Bertz CT molecular complexity index is 288. The highest BCUT2D eigenvalue weighted by molar-refractivity contribution is 6.08. The van der Waals surface area contributed by atoms with Crippen molar-refractivity contribution in [3.8, 4) is 0 Å². The molecule has 0 aromatic rings. The minimum Gasteiger partial charge on any atom is -0.480 e. The van der Waals surface area contributed by atoms with Gasteiger partial charge in [0, 0.05) is 12.5 Å². The second-order valence-corrected chi connectivity index (χ2v) is 5.83. The second-order valence-electron chi connectivity index (χ2n) is 5.83. The van der Waals surface area contributed by atoms with Gasteiger partial charge < -0.3 is 15.7 Å². The number of aliphatic carboxylic acids is 1. The van der Waals surface area contributed by atoms with E-state index in [2.05, 4.69) is 19.7 Å². The van der Waals surface area contributed by atoms with Crippen molar-refractivity contribution in [2.45, 2.75) is 44.5 Å². The van der Waals surface area contributed by atoms with Gasteiger partial charge in [0.1, 0.15) is 13.4 Å². The third-order valence-electron chi connectivity index (χ3n) is 4.45. The Morgan fingerprint density at radius 2 is 2.22 bits per heavy atom. The van der Waals surface area contributed by atoms with Crippen molar-refractivity contribution in [2.24, 2.45) is 17.6 Å². The summed E-state index contributed by atoms with van der Waals surface area (Å²) >= 11 is 0. The van der Waals surface area contributed by atoms with Gasteiger partial charge in [-0.25, -0.2) is 0 Å². The lowest BCUT2D eigenvalue weighted by Gasteiger charge is -2.42. The number of carboxylic acid groups (broad SMARTS) is 1. The van der Waals surface area contributed by atoms with Crippen LogP contribution in [-0.4, -0.2) is 49.5 Å². The van der Waals surface area contributed by atoms with Crippen LogP contribution in [-0.2, 0) is 4.79 Å². The summed E-state index contributed by atoms with van der Waals surface area (Å²) in [6.45, 7) is 3.81. The first-order valence-corrected chi connectivity index (χ1v) is 7.14. The summed E-state index contributed by atoms with van der Waals surface area (Å²) in [4.78, 5) is 13.7. The fourth-order valence-corrected chi connectivity index (χ4v) is 3.12. The quantitative estimate of drug-likeness (QED) is 0.680. The molecule has 0 bridgehead atoms. The highest BCUT2D eigenvalue weighted by Crippen LogP contribution is 2.38. The molecule has 3 N–H and O–H groups in total. The fraction of sp³-hybridized carbons (Fsp3) is 0.923. The number of nitrogens with zero attached hydrogens (tertiary/aromatic N) is 1. The van der Waals surface area contributed by atoms with Crippen LogP contribution in [0.1, 0.15) is 32.6 Å². The SMILES string of the molecule is BCC[C@@H]1CC[C@@H](CN(C)CC)[C@@](N)(C(=O)O)C1. The summed E-state index contributed by atoms with van der Waals surface area (Å²) < 4.78 is 0. The summed E-state index contributed by atoms with van der Waals surface area (Å²) in [6, 6.07) is 0. The van der Waals surface area contributed by atoms with Crippen LogP contribution in [0.25, 0.3) is 0 Å². The molecule has 0 unspecified atom stereocenters. The van der Waals surface area contributed by atoms with Gasteiger partial charge in [0.2, 0.25) is 0 Å². The zero-order valence-corrected chi connectivity index (χ0v) is 12.0. The van der Waals surface area contributed by atoms with Gasteiger partial charge in [0.05, 0.1) is 0 Å². The molecule has 0 spiro atoms. The van der Waals surface area contributed by atoms with Crippen LogP contribution in [0, 0.1) is 11.8 Å². The monoisotopic (exact) mass is 254 g/mol. The molecular formula is C13H27BN2O2. The Morgan fingerprint density at radius 3 is 2.72 bits per heavy atom. The van der Waals surface area contributed by atoms with Crippen molar-refractivity contribution >= 4 is 13.8 Å². The maximum atomic E-state index is 11.6. The van der Waals surface area contributed by atoms with E-state index >= 15 is 0 Å². The Labute approximate surface area is 111 Å². The van der Waals surface area contributed by atoms with Crippen LogP contribution >= 0.6 is 0 Å². The van der Waals surface area contributed by atoms with E-state index in [-0.39, 0.29) is 5.92 Å². The van der Waals surface area contributed by atoms with Crippen LogP contribution in [0.2, 0.25) is 6.32 Å². The zero-order chi connectivity index (χ0) is 13.8. The normalized spacial score (nSPS) is 32.7. The number of carbonyl (C=O) groups is 1. The average Bonchev–Trinajstić information content (AvgIpc) is 2.32. The van der Waals surface area contributed by atoms with E-state index in [4.69, 9.17) is 5.73 Å². The first-order valence-electron chi connectivity index (χ1n) is 7.14. The molecule has 0 amide bonds. The number of rotatable bonds is 6. The minimum atomic E-state index is -1.03. The maximum Gasteiger partial charge on any atom is 0.324 e. The lowest BCUT2D eigenvalue weighted by molar-refractivity contribution is -0.148. The van der Waals surface area contributed by atoms with E-state index in [0.29, 0.717) is 12.3 Å². The van der Waals surface area contributed by atoms with Crippen molar-refractivity contribution in [2.75, 3.05) is 20.1 Å². The third kappa shape index (κ3) is 3.48. The molecule has 104 valence electrons. The van der Waals surface area contributed by atoms with E-state index in [1.807, 2.05) is 7.05 Å². The van der Waals surface area contributed by atoms with Gasteiger partial charge in [-0.05, 0) is 38.8 Å².